The maximum Gasteiger partial charge on any atom is 0.264 e. The number of hydrazone groups is 1. The van der Waals surface area contributed by atoms with Crippen LogP contribution in [0.4, 0.5) is 5.69 Å². The van der Waals surface area contributed by atoms with Gasteiger partial charge in [-0.25, -0.2) is 13.8 Å². The average Bonchev–Trinajstić information content (AvgIpc) is 3.20. The molecule has 0 aliphatic heterocycles. The van der Waals surface area contributed by atoms with Crippen molar-refractivity contribution in [3.8, 4) is 11.4 Å². The minimum absolute atomic E-state index is 0.00376. The van der Waals surface area contributed by atoms with Gasteiger partial charge in [0, 0.05) is 17.0 Å². The lowest BCUT2D eigenvalue weighted by atomic mass is 10.2. The van der Waals surface area contributed by atoms with Crippen LogP contribution in [-0.4, -0.2) is 38.8 Å². The molecule has 4 rings (SSSR count). The first kappa shape index (κ1) is 29.4. The van der Waals surface area contributed by atoms with Gasteiger partial charge in [-0.15, -0.1) is 0 Å². The molecule has 0 atom stereocenters. The lowest BCUT2D eigenvalue weighted by molar-refractivity contribution is -0.119. The molecule has 1 amide bonds. The summed E-state index contributed by atoms with van der Waals surface area (Å²) < 4.78 is 36.1. The summed E-state index contributed by atoms with van der Waals surface area (Å²) in [7, 11) is -2.62. The van der Waals surface area contributed by atoms with Crippen LogP contribution in [0, 0.1) is 20.8 Å². The fourth-order valence-corrected chi connectivity index (χ4v) is 6.58. The third kappa shape index (κ3) is 6.24. The molecule has 3 aromatic carbocycles. The first-order chi connectivity index (χ1) is 19.0. The van der Waals surface area contributed by atoms with Crippen LogP contribution in [0.25, 0.3) is 5.69 Å². The number of carbonyl (C=O) groups excluding carboxylic acids is 1. The number of ether oxygens (including phenoxy) is 1. The zero-order chi connectivity index (χ0) is 29.0. The van der Waals surface area contributed by atoms with Gasteiger partial charge in [0.1, 0.15) is 12.3 Å². The number of nitrogens with zero attached hydrogens (tertiary/aromatic N) is 3. The standard InChI is InChI=1S/C29H28BrClN4O4S/c1-19-9-11-23(12-10-19)34(40(37,38)24-13-14-28(39-4)25(30)16-24)18-29(36)33-32-17-22-15-20(2)35(21(22)3)27-8-6-5-7-26(27)31/h5-17H,18H2,1-4H3,(H,33,36)/b32-17+. The highest BCUT2D eigenvalue weighted by atomic mass is 79.9. The second-order valence-electron chi connectivity index (χ2n) is 9.05. The molecule has 40 heavy (non-hydrogen) atoms. The van der Waals surface area contributed by atoms with Crippen LogP contribution in [0.2, 0.25) is 5.02 Å². The molecule has 0 saturated heterocycles. The second kappa shape index (κ2) is 12.3. The van der Waals surface area contributed by atoms with Crippen LogP contribution in [0.1, 0.15) is 22.5 Å². The number of aromatic nitrogens is 1. The van der Waals surface area contributed by atoms with Gasteiger partial charge in [-0.3, -0.25) is 9.10 Å². The number of hydrogen-bond donors (Lipinski definition) is 1. The van der Waals surface area contributed by atoms with Crippen molar-refractivity contribution >= 4 is 55.4 Å². The zero-order valence-corrected chi connectivity index (χ0v) is 25.5. The van der Waals surface area contributed by atoms with Gasteiger partial charge in [0.15, 0.2) is 0 Å². The Morgan fingerprint density at radius 2 is 1.77 bits per heavy atom. The second-order valence-corrected chi connectivity index (χ2v) is 12.2. The molecule has 0 unspecified atom stereocenters. The molecular formula is C29H28BrClN4O4S. The number of hydrogen-bond acceptors (Lipinski definition) is 5. The van der Waals surface area contributed by atoms with Crippen molar-refractivity contribution in [2.75, 3.05) is 18.0 Å². The minimum atomic E-state index is -4.11. The van der Waals surface area contributed by atoms with Crippen molar-refractivity contribution < 1.29 is 17.9 Å². The van der Waals surface area contributed by atoms with E-state index in [4.69, 9.17) is 16.3 Å². The van der Waals surface area contributed by atoms with E-state index in [0.29, 0.717) is 20.9 Å². The van der Waals surface area contributed by atoms with Crippen LogP contribution >= 0.6 is 27.5 Å². The monoisotopic (exact) mass is 642 g/mol. The SMILES string of the molecule is COc1ccc(S(=O)(=O)N(CC(=O)N/N=C/c2cc(C)n(-c3ccccc3Cl)c2C)c2ccc(C)cc2)cc1Br. The van der Waals surface area contributed by atoms with Crippen LogP contribution in [0.3, 0.4) is 0 Å². The van der Waals surface area contributed by atoms with E-state index < -0.39 is 22.5 Å². The molecule has 0 saturated carbocycles. The summed E-state index contributed by atoms with van der Waals surface area (Å²) in [6, 6.07) is 20.8. The number of sulfonamides is 1. The third-order valence-electron chi connectivity index (χ3n) is 6.28. The third-order valence-corrected chi connectivity index (χ3v) is 8.99. The van der Waals surface area contributed by atoms with Gasteiger partial charge in [-0.05, 0) is 85.2 Å². The molecule has 1 aromatic heterocycles. The summed E-state index contributed by atoms with van der Waals surface area (Å²) in [5.74, 6) is -0.116. The number of benzene rings is 3. The predicted octanol–water partition coefficient (Wildman–Crippen LogP) is 6.17. The maximum atomic E-state index is 13.7. The number of carbonyl (C=O) groups is 1. The van der Waals surface area contributed by atoms with Crippen molar-refractivity contribution in [2.45, 2.75) is 25.7 Å². The van der Waals surface area contributed by atoms with E-state index in [-0.39, 0.29) is 4.90 Å². The van der Waals surface area contributed by atoms with Crippen LogP contribution in [0.15, 0.2) is 87.3 Å². The maximum absolute atomic E-state index is 13.7. The highest BCUT2D eigenvalue weighted by Crippen LogP contribution is 2.31. The average molecular weight is 644 g/mol. The lowest BCUT2D eigenvalue weighted by Gasteiger charge is -2.24. The minimum Gasteiger partial charge on any atom is -0.496 e. The molecule has 0 bridgehead atoms. The molecule has 0 spiro atoms. The number of amides is 1. The molecule has 1 heterocycles. The van der Waals surface area contributed by atoms with Gasteiger partial charge >= 0.3 is 0 Å². The molecular weight excluding hydrogens is 616 g/mol. The summed E-state index contributed by atoms with van der Waals surface area (Å²) in [6.45, 7) is 5.30. The number of rotatable bonds is 9. The number of methoxy groups -OCH3 is 1. The molecule has 4 aromatic rings. The molecule has 0 fully saturated rings. The van der Waals surface area contributed by atoms with Crippen molar-refractivity contribution in [2.24, 2.45) is 5.10 Å². The van der Waals surface area contributed by atoms with Gasteiger partial charge in [0.2, 0.25) is 0 Å². The largest absolute Gasteiger partial charge is 0.496 e. The van der Waals surface area contributed by atoms with Crippen LogP contribution < -0.4 is 14.5 Å². The summed E-state index contributed by atoms with van der Waals surface area (Å²) >= 11 is 9.73. The number of aryl methyl sites for hydroxylation is 2. The topological polar surface area (TPSA) is 93.0 Å². The molecule has 11 heteroatoms. The van der Waals surface area contributed by atoms with E-state index >= 15 is 0 Å². The van der Waals surface area contributed by atoms with Crippen molar-refractivity contribution in [3.63, 3.8) is 0 Å². The van der Waals surface area contributed by atoms with Gasteiger partial charge in [0.25, 0.3) is 15.9 Å². The molecule has 0 aliphatic carbocycles. The zero-order valence-electron chi connectivity index (χ0n) is 22.4. The predicted molar refractivity (Wildman–Crippen MR) is 162 cm³/mol. The van der Waals surface area contributed by atoms with Gasteiger partial charge in [-0.2, -0.15) is 5.10 Å². The summed E-state index contributed by atoms with van der Waals surface area (Å²) in [4.78, 5) is 13.0. The van der Waals surface area contributed by atoms with Gasteiger partial charge < -0.3 is 9.30 Å². The Balaban J connectivity index is 1.58. The normalized spacial score (nSPS) is 11.6. The summed E-state index contributed by atoms with van der Waals surface area (Å²) in [5.41, 5.74) is 7.22. The Hall–Kier alpha value is -3.60. The highest BCUT2D eigenvalue weighted by Gasteiger charge is 2.28. The van der Waals surface area contributed by atoms with E-state index in [1.165, 1.54) is 25.5 Å². The first-order valence-electron chi connectivity index (χ1n) is 12.2. The Kier molecular flexibility index (Phi) is 9.02. The van der Waals surface area contributed by atoms with E-state index in [9.17, 15) is 13.2 Å². The molecule has 1 N–H and O–H groups in total. The first-order valence-corrected chi connectivity index (χ1v) is 14.8. The highest BCUT2D eigenvalue weighted by molar-refractivity contribution is 9.10. The van der Waals surface area contributed by atoms with E-state index in [0.717, 1.165) is 32.5 Å². The van der Waals surface area contributed by atoms with E-state index in [2.05, 4.69) is 26.5 Å². The summed E-state index contributed by atoms with van der Waals surface area (Å²) in [5, 5.41) is 4.72. The Bertz CT molecular complexity index is 1680. The number of halogens is 2. The van der Waals surface area contributed by atoms with Gasteiger partial charge in [-0.1, -0.05) is 41.4 Å². The molecule has 0 aliphatic rings. The van der Waals surface area contributed by atoms with Gasteiger partial charge in [0.05, 0.1) is 39.1 Å². The van der Waals surface area contributed by atoms with E-state index in [1.54, 1.807) is 30.3 Å². The van der Waals surface area contributed by atoms with Crippen molar-refractivity contribution in [1.29, 1.82) is 0 Å². The number of nitrogens with one attached hydrogen (secondary N) is 1. The Morgan fingerprint density at radius 3 is 2.42 bits per heavy atom. The van der Waals surface area contributed by atoms with Crippen LogP contribution in [-0.2, 0) is 14.8 Å². The summed E-state index contributed by atoms with van der Waals surface area (Å²) in [6.07, 6.45) is 1.53. The molecule has 208 valence electrons. The Labute approximate surface area is 247 Å². The molecule has 0 radical (unpaired) electrons. The fourth-order valence-electron chi connectivity index (χ4n) is 4.22. The smallest absolute Gasteiger partial charge is 0.264 e. The lowest BCUT2D eigenvalue weighted by Crippen LogP contribution is -2.39. The number of anilines is 1. The van der Waals surface area contributed by atoms with Crippen molar-refractivity contribution in [1.82, 2.24) is 9.99 Å². The number of para-hydroxylation sites is 1. The Morgan fingerprint density at radius 1 is 1.07 bits per heavy atom. The fraction of sp³-hybridized carbons (Fsp3) is 0.172. The van der Waals surface area contributed by atoms with Crippen LogP contribution in [0.5, 0.6) is 5.75 Å². The molecule has 8 nitrogen and oxygen atoms in total. The van der Waals surface area contributed by atoms with E-state index in [1.807, 2.05) is 55.7 Å². The quantitative estimate of drug-likeness (QED) is 0.174. The van der Waals surface area contributed by atoms with Crippen molar-refractivity contribution in [3.05, 3.63) is 105 Å².